The van der Waals surface area contributed by atoms with E-state index in [9.17, 15) is 0 Å². The van der Waals surface area contributed by atoms with Crippen LogP contribution in [0.3, 0.4) is 0 Å². The number of morpholine rings is 1. The van der Waals surface area contributed by atoms with Crippen LogP contribution in [-0.4, -0.2) is 24.8 Å². The van der Waals surface area contributed by atoms with Gasteiger partial charge in [-0.1, -0.05) is 55.7 Å². The van der Waals surface area contributed by atoms with E-state index >= 15 is 0 Å². The highest BCUT2D eigenvalue weighted by molar-refractivity contribution is 5.76. The quantitative estimate of drug-likeness (QED) is 0.872. The molecule has 1 saturated heterocycles. The second-order valence-electron chi connectivity index (χ2n) is 7.28. The highest BCUT2D eigenvalue weighted by Crippen LogP contribution is 2.33. The molecule has 1 aliphatic heterocycles. The van der Waals surface area contributed by atoms with Crippen molar-refractivity contribution in [1.29, 1.82) is 0 Å². The Labute approximate surface area is 139 Å². The SMILES string of the molecule is CC1CNC2C=CC(c3ccc(C4CCCCC4)cc3)=CC2O1. The minimum Gasteiger partial charge on any atom is -0.368 e. The van der Waals surface area contributed by atoms with E-state index in [2.05, 4.69) is 54.7 Å². The van der Waals surface area contributed by atoms with Gasteiger partial charge in [-0.2, -0.15) is 0 Å². The molecule has 0 spiro atoms. The summed E-state index contributed by atoms with van der Waals surface area (Å²) in [4.78, 5) is 0. The number of nitrogens with one attached hydrogen (secondary N) is 1. The lowest BCUT2D eigenvalue weighted by Gasteiger charge is -2.35. The number of benzene rings is 1. The minimum atomic E-state index is 0.164. The van der Waals surface area contributed by atoms with Crippen LogP contribution in [0.1, 0.15) is 56.1 Å². The van der Waals surface area contributed by atoms with Gasteiger partial charge >= 0.3 is 0 Å². The molecule has 0 bridgehead atoms. The van der Waals surface area contributed by atoms with Crippen LogP contribution in [0, 0.1) is 0 Å². The maximum absolute atomic E-state index is 6.07. The van der Waals surface area contributed by atoms with Crippen LogP contribution in [0.2, 0.25) is 0 Å². The van der Waals surface area contributed by atoms with Gasteiger partial charge in [0, 0.05) is 6.54 Å². The number of rotatable bonds is 2. The van der Waals surface area contributed by atoms with Crippen LogP contribution in [0.25, 0.3) is 5.57 Å². The molecule has 2 aliphatic carbocycles. The molecule has 1 aromatic rings. The smallest absolute Gasteiger partial charge is 0.0957 e. The average Bonchev–Trinajstić information content (AvgIpc) is 2.62. The molecule has 2 heteroatoms. The molecule has 3 unspecified atom stereocenters. The highest BCUT2D eigenvalue weighted by Gasteiger charge is 2.28. The average molecular weight is 309 g/mol. The van der Waals surface area contributed by atoms with Gasteiger partial charge in [-0.25, -0.2) is 0 Å². The lowest BCUT2D eigenvalue weighted by Crippen LogP contribution is -2.50. The summed E-state index contributed by atoms with van der Waals surface area (Å²) < 4.78 is 6.07. The molecule has 122 valence electrons. The van der Waals surface area contributed by atoms with Crippen molar-refractivity contribution >= 4 is 5.57 Å². The summed E-state index contributed by atoms with van der Waals surface area (Å²) in [6.07, 6.45) is 14.2. The zero-order chi connectivity index (χ0) is 15.6. The van der Waals surface area contributed by atoms with Crippen molar-refractivity contribution < 1.29 is 4.74 Å². The number of allylic oxidation sites excluding steroid dienone is 2. The standard InChI is InChI=1S/C21H27NO/c1-15-14-22-20-12-11-19(13-21(20)23-15)18-9-7-17(8-10-18)16-5-3-2-4-6-16/h7-13,15-16,20-22H,2-6,14H2,1H3. The van der Waals surface area contributed by atoms with E-state index in [-0.39, 0.29) is 12.2 Å². The van der Waals surface area contributed by atoms with Crippen LogP contribution in [-0.2, 0) is 4.74 Å². The summed E-state index contributed by atoms with van der Waals surface area (Å²) in [5, 5.41) is 3.54. The van der Waals surface area contributed by atoms with Crippen molar-refractivity contribution in [3.8, 4) is 0 Å². The molecule has 0 aromatic heterocycles. The Morgan fingerprint density at radius 2 is 1.83 bits per heavy atom. The maximum Gasteiger partial charge on any atom is 0.0957 e. The fourth-order valence-corrected chi connectivity index (χ4v) is 4.16. The number of hydrogen-bond acceptors (Lipinski definition) is 2. The van der Waals surface area contributed by atoms with Crippen LogP contribution in [0.5, 0.6) is 0 Å². The third-order valence-corrected chi connectivity index (χ3v) is 5.53. The zero-order valence-corrected chi connectivity index (χ0v) is 14.0. The van der Waals surface area contributed by atoms with Crippen LogP contribution < -0.4 is 5.32 Å². The molecule has 23 heavy (non-hydrogen) atoms. The van der Waals surface area contributed by atoms with Gasteiger partial charge in [-0.05, 0) is 48.5 Å². The zero-order valence-electron chi connectivity index (χ0n) is 14.0. The second kappa shape index (κ2) is 6.62. The Morgan fingerprint density at radius 3 is 2.61 bits per heavy atom. The fraction of sp³-hybridized carbons (Fsp3) is 0.524. The largest absolute Gasteiger partial charge is 0.368 e. The molecule has 3 atom stereocenters. The van der Waals surface area contributed by atoms with Gasteiger partial charge in [0.15, 0.2) is 0 Å². The Morgan fingerprint density at radius 1 is 1.04 bits per heavy atom. The summed E-state index contributed by atoms with van der Waals surface area (Å²) >= 11 is 0. The van der Waals surface area contributed by atoms with Crippen molar-refractivity contribution in [2.24, 2.45) is 0 Å². The first-order chi connectivity index (χ1) is 11.3. The van der Waals surface area contributed by atoms with Gasteiger partial charge in [0.1, 0.15) is 0 Å². The fourth-order valence-electron chi connectivity index (χ4n) is 4.16. The Bertz CT molecular complexity index is 595. The van der Waals surface area contributed by atoms with Crippen molar-refractivity contribution in [3.05, 3.63) is 53.6 Å². The predicted octanol–water partition coefficient (Wildman–Crippen LogP) is 4.43. The first kappa shape index (κ1) is 15.2. The summed E-state index contributed by atoms with van der Waals surface area (Å²) in [5.41, 5.74) is 4.12. The molecule has 4 rings (SSSR count). The molecule has 1 saturated carbocycles. The monoisotopic (exact) mass is 309 g/mol. The topological polar surface area (TPSA) is 21.3 Å². The lowest BCUT2D eigenvalue weighted by molar-refractivity contribution is -0.0181. The summed E-state index contributed by atoms with van der Waals surface area (Å²) in [7, 11) is 0. The Kier molecular flexibility index (Phi) is 4.37. The van der Waals surface area contributed by atoms with Gasteiger partial charge in [0.25, 0.3) is 0 Å². The molecule has 0 radical (unpaired) electrons. The van der Waals surface area contributed by atoms with E-state index < -0.39 is 0 Å². The molecule has 1 N–H and O–H groups in total. The first-order valence-corrected chi connectivity index (χ1v) is 9.19. The third-order valence-electron chi connectivity index (χ3n) is 5.53. The van der Waals surface area contributed by atoms with Crippen molar-refractivity contribution in [3.63, 3.8) is 0 Å². The second-order valence-corrected chi connectivity index (χ2v) is 7.28. The summed E-state index contributed by atoms with van der Waals surface area (Å²) in [6, 6.07) is 9.60. The minimum absolute atomic E-state index is 0.164. The number of ether oxygens (including phenoxy) is 1. The molecule has 2 fully saturated rings. The number of hydrogen-bond donors (Lipinski definition) is 1. The predicted molar refractivity (Wildman–Crippen MR) is 95.5 cm³/mol. The maximum atomic E-state index is 6.07. The van der Waals surface area contributed by atoms with E-state index in [1.165, 1.54) is 48.8 Å². The van der Waals surface area contributed by atoms with Crippen molar-refractivity contribution in [1.82, 2.24) is 5.32 Å². The van der Waals surface area contributed by atoms with Gasteiger partial charge in [-0.15, -0.1) is 0 Å². The van der Waals surface area contributed by atoms with Gasteiger partial charge in [0.05, 0.1) is 18.2 Å². The summed E-state index contributed by atoms with van der Waals surface area (Å²) in [6.45, 7) is 3.07. The molecule has 2 nitrogen and oxygen atoms in total. The van der Waals surface area contributed by atoms with Crippen LogP contribution in [0.4, 0.5) is 0 Å². The van der Waals surface area contributed by atoms with E-state index in [0.29, 0.717) is 6.04 Å². The van der Waals surface area contributed by atoms with Crippen molar-refractivity contribution in [2.45, 2.75) is 63.2 Å². The molecular weight excluding hydrogens is 282 g/mol. The Balaban J connectivity index is 1.50. The molecule has 3 aliphatic rings. The van der Waals surface area contributed by atoms with Gasteiger partial charge in [0.2, 0.25) is 0 Å². The van der Waals surface area contributed by atoms with E-state index in [1.807, 2.05) is 0 Å². The molecule has 0 amide bonds. The highest BCUT2D eigenvalue weighted by atomic mass is 16.5. The number of fused-ring (bicyclic) bond motifs is 1. The molecule has 1 aromatic carbocycles. The summed E-state index contributed by atoms with van der Waals surface area (Å²) in [5.74, 6) is 0.782. The van der Waals surface area contributed by atoms with E-state index in [0.717, 1.165) is 12.5 Å². The van der Waals surface area contributed by atoms with Gasteiger partial charge in [-0.3, -0.25) is 0 Å². The lowest BCUT2D eigenvalue weighted by atomic mass is 9.83. The van der Waals surface area contributed by atoms with Crippen molar-refractivity contribution in [2.75, 3.05) is 6.54 Å². The molecular formula is C21H27NO. The molecule has 1 heterocycles. The van der Waals surface area contributed by atoms with E-state index in [1.54, 1.807) is 0 Å². The van der Waals surface area contributed by atoms with Gasteiger partial charge < -0.3 is 10.1 Å². The first-order valence-electron chi connectivity index (χ1n) is 9.19. The third kappa shape index (κ3) is 3.29. The Hall–Kier alpha value is -1.38. The van der Waals surface area contributed by atoms with Crippen LogP contribution in [0.15, 0.2) is 42.5 Å². The van der Waals surface area contributed by atoms with Crippen LogP contribution >= 0.6 is 0 Å². The normalized spacial score (nSPS) is 31.5. The van der Waals surface area contributed by atoms with E-state index in [4.69, 9.17) is 4.74 Å².